The van der Waals surface area contributed by atoms with E-state index in [0.717, 1.165) is 22.2 Å². The third kappa shape index (κ3) is 6.50. The van der Waals surface area contributed by atoms with E-state index in [-0.39, 0.29) is 23.0 Å². The van der Waals surface area contributed by atoms with Crippen molar-refractivity contribution in [2.45, 2.75) is 52.9 Å². The maximum atomic E-state index is 12.6. The molecule has 0 amide bonds. The molecule has 8 heteroatoms. The van der Waals surface area contributed by atoms with Crippen LogP contribution in [0.3, 0.4) is 0 Å². The second-order valence-corrected chi connectivity index (χ2v) is 10.2. The average molecular weight is 510 g/mol. The van der Waals surface area contributed by atoms with Gasteiger partial charge >= 0.3 is 6.36 Å². The van der Waals surface area contributed by atoms with Crippen LogP contribution in [0.4, 0.5) is 24.8 Å². The van der Waals surface area contributed by atoms with Gasteiger partial charge in [0.05, 0.1) is 17.1 Å². The van der Waals surface area contributed by atoms with E-state index < -0.39 is 6.36 Å². The van der Waals surface area contributed by atoms with Gasteiger partial charge in [-0.1, -0.05) is 57.2 Å². The van der Waals surface area contributed by atoms with Gasteiger partial charge in [0.25, 0.3) is 0 Å². The zero-order valence-electron chi connectivity index (χ0n) is 21.3. The topological polar surface area (TPSA) is 56.1 Å². The van der Waals surface area contributed by atoms with Crippen molar-refractivity contribution in [3.63, 3.8) is 0 Å². The van der Waals surface area contributed by atoms with E-state index in [9.17, 15) is 18.0 Å². The van der Waals surface area contributed by atoms with Crippen LogP contribution in [-0.4, -0.2) is 21.7 Å². The summed E-state index contributed by atoms with van der Waals surface area (Å²) in [5, 5.41) is 3.30. The molecule has 1 atom stereocenters. The predicted molar refractivity (Wildman–Crippen MR) is 139 cm³/mol. The highest BCUT2D eigenvalue weighted by Gasteiger charge is 2.32. The molecule has 0 aliphatic rings. The second kappa shape index (κ2) is 10.3. The van der Waals surface area contributed by atoms with E-state index in [1.165, 1.54) is 24.3 Å². The summed E-state index contributed by atoms with van der Waals surface area (Å²) < 4.78 is 43.9. The first-order chi connectivity index (χ1) is 17.4. The van der Waals surface area contributed by atoms with Crippen molar-refractivity contribution in [2.75, 3.05) is 5.32 Å². The van der Waals surface area contributed by atoms with Gasteiger partial charge in [0.1, 0.15) is 11.5 Å². The van der Waals surface area contributed by atoms with Crippen LogP contribution in [0.15, 0.2) is 72.8 Å². The molecule has 1 aromatic heterocycles. The van der Waals surface area contributed by atoms with Crippen molar-refractivity contribution >= 4 is 28.5 Å². The average Bonchev–Trinajstić information content (AvgIpc) is 3.14. The smallest absolute Gasteiger partial charge is 0.406 e. The maximum Gasteiger partial charge on any atom is 0.573 e. The summed E-state index contributed by atoms with van der Waals surface area (Å²) in [5.74, 6) is 0.397. The summed E-state index contributed by atoms with van der Waals surface area (Å²) in [6, 6.07) is 21.6. The molecule has 1 heterocycles. The zero-order chi connectivity index (χ0) is 26.8. The number of ketones is 1. The lowest BCUT2D eigenvalue weighted by Gasteiger charge is -2.34. The van der Waals surface area contributed by atoms with Gasteiger partial charge in [0.2, 0.25) is 5.95 Å². The van der Waals surface area contributed by atoms with Crippen LogP contribution in [0.2, 0.25) is 0 Å². The lowest BCUT2D eigenvalue weighted by Crippen LogP contribution is -2.26. The Bertz CT molecular complexity index is 1370. The summed E-state index contributed by atoms with van der Waals surface area (Å²) in [4.78, 5) is 16.4. The zero-order valence-corrected chi connectivity index (χ0v) is 21.3. The van der Waals surface area contributed by atoms with Gasteiger partial charge in [-0.05, 0) is 66.3 Å². The Hall–Kier alpha value is -3.81. The highest BCUT2D eigenvalue weighted by molar-refractivity contribution is 5.81. The molecule has 0 fully saturated rings. The number of aryl methyl sites for hydroxylation is 1. The molecule has 1 N–H and O–H groups in total. The number of anilines is 2. The number of imidazole rings is 1. The molecular weight excluding hydrogens is 479 g/mol. The minimum absolute atomic E-state index is 0.0999. The van der Waals surface area contributed by atoms with Crippen LogP contribution in [0.5, 0.6) is 5.75 Å². The van der Waals surface area contributed by atoms with E-state index in [4.69, 9.17) is 4.98 Å². The Kier molecular flexibility index (Phi) is 7.30. The van der Waals surface area contributed by atoms with Gasteiger partial charge in [-0.15, -0.1) is 13.2 Å². The van der Waals surface area contributed by atoms with E-state index in [0.29, 0.717) is 24.5 Å². The number of alkyl halides is 3. The molecule has 5 nitrogen and oxygen atoms in total. The molecular formula is C29H30F3N3O2. The number of nitrogens with zero attached hydrogens (tertiary/aromatic N) is 2. The van der Waals surface area contributed by atoms with Gasteiger partial charge in [-0.25, -0.2) is 4.98 Å². The Morgan fingerprint density at radius 3 is 2.27 bits per heavy atom. The fourth-order valence-corrected chi connectivity index (χ4v) is 4.51. The Balaban J connectivity index is 1.81. The van der Waals surface area contributed by atoms with Crippen LogP contribution in [0.25, 0.3) is 11.0 Å². The normalized spacial score (nSPS) is 12.9. The number of rotatable bonds is 8. The largest absolute Gasteiger partial charge is 0.573 e. The number of nitrogens with one attached hydrogen (secondary N) is 1. The standard InChI is InChI=1S/C29H30F3N3O2/c1-19(36)10-11-20-12-17-25-24(18-20)34-27(33-22-13-15-23(16-14-22)37-29(30,31)32)35(25)26(28(2,3)4)21-8-6-5-7-9-21/h5-9,12-18,26H,10-11H2,1-4H3,(H,33,34)/t26-/m0/s1. The number of aromatic nitrogens is 2. The fourth-order valence-electron chi connectivity index (χ4n) is 4.51. The Morgan fingerprint density at radius 1 is 1.00 bits per heavy atom. The van der Waals surface area contributed by atoms with E-state index in [1.807, 2.05) is 36.4 Å². The van der Waals surface area contributed by atoms with Crippen LogP contribution < -0.4 is 10.1 Å². The number of carbonyl (C=O) groups is 1. The van der Waals surface area contributed by atoms with Crippen LogP contribution in [-0.2, 0) is 11.2 Å². The molecule has 194 valence electrons. The van der Waals surface area contributed by atoms with Gasteiger partial charge in [0.15, 0.2) is 0 Å². The summed E-state index contributed by atoms with van der Waals surface area (Å²) in [5.41, 5.74) is 4.17. The number of hydrogen-bond acceptors (Lipinski definition) is 4. The summed E-state index contributed by atoms with van der Waals surface area (Å²) in [7, 11) is 0. The maximum absolute atomic E-state index is 12.6. The van der Waals surface area contributed by atoms with Gasteiger partial charge < -0.3 is 19.4 Å². The van der Waals surface area contributed by atoms with Gasteiger partial charge in [-0.2, -0.15) is 0 Å². The lowest BCUT2D eigenvalue weighted by atomic mass is 9.82. The fraction of sp³-hybridized carbons (Fsp3) is 0.310. The number of benzene rings is 3. The molecule has 0 radical (unpaired) electrons. The molecule has 0 saturated carbocycles. The third-order valence-electron chi connectivity index (χ3n) is 6.06. The van der Waals surface area contributed by atoms with E-state index >= 15 is 0 Å². The highest BCUT2D eigenvalue weighted by atomic mass is 19.4. The molecule has 0 bridgehead atoms. The van der Waals surface area contributed by atoms with E-state index in [2.05, 4.69) is 47.5 Å². The lowest BCUT2D eigenvalue weighted by molar-refractivity contribution is -0.274. The Labute approximate surface area is 214 Å². The molecule has 0 aliphatic heterocycles. The van der Waals surface area contributed by atoms with E-state index in [1.54, 1.807) is 6.92 Å². The number of Topliss-reactive ketones (excluding diaryl/α,β-unsaturated/α-hetero) is 1. The summed E-state index contributed by atoms with van der Waals surface area (Å²) in [6.45, 7) is 8.05. The molecule has 3 aromatic carbocycles. The predicted octanol–water partition coefficient (Wildman–Crippen LogP) is 7.84. The Morgan fingerprint density at radius 2 is 1.68 bits per heavy atom. The van der Waals surface area contributed by atoms with Crippen molar-refractivity contribution < 1.29 is 22.7 Å². The molecule has 0 spiro atoms. The number of hydrogen-bond donors (Lipinski definition) is 1. The van der Waals surface area contributed by atoms with Crippen molar-refractivity contribution in [3.05, 3.63) is 83.9 Å². The quantitative estimate of drug-likeness (QED) is 0.263. The molecule has 0 unspecified atom stereocenters. The van der Waals surface area contributed by atoms with Crippen molar-refractivity contribution in [3.8, 4) is 5.75 Å². The third-order valence-corrected chi connectivity index (χ3v) is 6.06. The van der Waals surface area contributed by atoms with Crippen molar-refractivity contribution in [1.82, 2.24) is 9.55 Å². The van der Waals surface area contributed by atoms with Crippen LogP contribution >= 0.6 is 0 Å². The monoisotopic (exact) mass is 509 g/mol. The number of carbonyl (C=O) groups excluding carboxylic acids is 1. The molecule has 0 aliphatic carbocycles. The first kappa shape index (κ1) is 26.3. The SMILES string of the molecule is CC(=O)CCc1ccc2c(c1)nc(Nc1ccc(OC(F)(F)F)cc1)n2[C@@H](c1ccccc1)C(C)(C)C. The summed E-state index contributed by atoms with van der Waals surface area (Å²) in [6.07, 6.45) is -3.67. The highest BCUT2D eigenvalue weighted by Crippen LogP contribution is 2.41. The van der Waals surface area contributed by atoms with Gasteiger partial charge in [0, 0.05) is 12.1 Å². The first-order valence-electron chi connectivity index (χ1n) is 12.1. The van der Waals surface area contributed by atoms with Crippen LogP contribution in [0, 0.1) is 5.41 Å². The van der Waals surface area contributed by atoms with Gasteiger partial charge in [-0.3, -0.25) is 0 Å². The van der Waals surface area contributed by atoms with Crippen molar-refractivity contribution in [1.29, 1.82) is 0 Å². The minimum Gasteiger partial charge on any atom is -0.406 e. The molecule has 0 saturated heterocycles. The minimum atomic E-state index is -4.75. The molecule has 4 rings (SSSR count). The second-order valence-electron chi connectivity index (χ2n) is 10.2. The molecule has 4 aromatic rings. The number of fused-ring (bicyclic) bond motifs is 1. The van der Waals surface area contributed by atoms with Crippen LogP contribution in [0.1, 0.15) is 51.3 Å². The molecule has 37 heavy (non-hydrogen) atoms. The first-order valence-corrected chi connectivity index (χ1v) is 12.1. The summed E-state index contributed by atoms with van der Waals surface area (Å²) >= 11 is 0. The van der Waals surface area contributed by atoms with Crippen molar-refractivity contribution in [2.24, 2.45) is 5.41 Å². The number of halogens is 3. The number of ether oxygens (including phenoxy) is 1.